The molecule has 29 heavy (non-hydrogen) atoms. The molecule has 0 unspecified atom stereocenters. The van der Waals surface area contributed by atoms with Crippen molar-refractivity contribution in [3.63, 3.8) is 0 Å². The number of hydrogen-bond acceptors (Lipinski definition) is 6. The summed E-state index contributed by atoms with van der Waals surface area (Å²) in [6.07, 6.45) is 2.28. The van der Waals surface area contributed by atoms with Gasteiger partial charge in [0.15, 0.2) is 0 Å². The standard InChI is InChI=1S/C19H17N5O5/c1-2-11-20-12-17-18(13-3-5-15(6-4-13)23(26)27)21-22(19(17)25)14-7-9-16(10-8-14)24(28)29/h3-10,12,21H,2,11H2,1H3. The zero-order valence-corrected chi connectivity index (χ0v) is 15.4. The van der Waals surface area contributed by atoms with E-state index in [9.17, 15) is 25.0 Å². The van der Waals surface area contributed by atoms with Crippen LogP contribution in [0.3, 0.4) is 0 Å². The van der Waals surface area contributed by atoms with E-state index in [0.29, 0.717) is 29.1 Å². The van der Waals surface area contributed by atoms with Crippen LogP contribution in [0.1, 0.15) is 18.9 Å². The van der Waals surface area contributed by atoms with E-state index in [1.54, 1.807) is 12.1 Å². The number of aromatic amines is 1. The van der Waals surface area contributed by atoms with Gasteiger partial charge in [0, 0.05) is 42.6 Å². The van der Waals surface area contributed by atoms with Crippen LogP contribution in [0.25, 0.3) is 16.9 Å². The Bertz CT molecular complexity index is 1130. The summed E-state index contributed by atoms with van der Waals surface area (Å²) in [7, 11) is 0. The van der Waals surface area contributed by atoms with E-state index in [2.05, 4.69) is 10.1 Å². The van der Waals surface area contributed by atoms with Gasteiger partial charge in [0.05, 0.1) is 26.8 Å². The summed E-state index contributed by atoms with van der Waals surface area (Å²) in [4.78, 5) is 37.9. The number of nitrogens with zero attached hydrogens (tertiary/aromatic N) is 4. The van der Waals surface area contributed by atoms with Crippen molar-refractivity contribution >= 4 is 17.6 Å². The molecule has 0 amide bonds. The second-order valence-corrected chi connectivity index (χ2v) is 6.15. The van der Waals surface area contributed by atoms with Crippen LogP contribution in [0.5, 0.6) is 0 Å². The number of rotatable bonds is 7. The topological polar surface area (TPSA) is 136 Å². The maximum atomic E-state index is 13.0. The molecule has 3 rings (SSSR count). The van der Waals surface area contributed by atoms with Crippen LogP contribution in [0.2, 0.25) is 0 Å². The van der Waals surface area contributed by atoms with Gasteiger partial charge in [-0.25, -0.2) is 4.68 Å². The Hall–Kier alpha value is -4.08. The van der Waals surface area contributed by atoms with E-state index in [4.69, 9.17) is 0 Å². The number of nitro benzene ring substituents is 2. The minimum absolute atomic E-state index is 0.0629. The van der Waals surface area contributed by atoms with Gasteiger partial charge in [-0.2, -0.15) is 0 Å². The quantitative estimate of drug-likeness (QED) is 0.371. The van der Waals surface area contributed by atoms with Crippen LogP contribution in [-0.2, 0) is 0 Å². The molecule has 0 aliphatic carbocycles. The molecule has 3 aromatic rings. The highest BCUT2D eigenvalue weighted by atomic mass is 16.6. The number of aromatic nitrogens is 2. The lowest BCUT2D eigenvalue weighted by molar-refractivity contribution is -0.385. The summed E-state index contributed by atoms with van der Waals surface area (Å²) in [5.74, 6) is 0. The fraction of sp³-hybridized carbons (Fsp3) is 0.158. The highest BCUT2D eigenvalue weighted by Crippen LogP contribution is 2.23. The smallest absolute Gasteiger partial charge is 0.280 e. The fourth-order valence-corrected chi connectivity index (χ4v) is 2.73. The number of aliphatic imine (C=N–C) groups is 1. The fourth-order valence-electron chi connectivity index (χ4n) is 2.73. The summed E-state index contributed by atoms with van der Waals surface area (Å²) < 4.78 is 1.26. The Morgan fingerprint density at radius 1 is 1.00 bits per heavy atom. The first-order chi connectivity index (χ1) is 13.9. The summed E-state index contributed by atoms with van der Waals surface area (Å²) in [6, 6.07) is 11.3. The van der Waals surface area contributed by atoms with Crippen LogP contribution in [0.15, 0.2) is 58.3 Å². The molecular weight excluding hydrogens is 378 g/mol. The summed E-state index contributed by atoms with van der Waals surface area (Å²) in [5, 5.41) is 24.7. The first kappa shape index (κ1) is 19.7. The number of hydrogen-bond donors (Lipinski definition) is 1. The Morgan fingerprint density at radius 3 is 2.07 bits per heavy atom. The van der Waals surface area contributed by atoms with Crippen molar-refractivity contribution in [3.8, 4) is 16.9 Å². The van der Waals surface area contributed by atoms with Crippen molar-refractivity contribution < 1.29 is 9.85 Å². The van der Waals surface area contributed by atoms with E-state index in [-0.39, 0.29) is 16.9 Å². The van der Waals surface area contributed by atoms with Gasteiger partial charge in [-0.05, 0) is 30.7 Å². The van der Waals surface area contributed by atoms with Gasteiger partial charge in [0.2, 0.25) is 0 Å². The van der Waals surface area contributed by atoms with Crippen LogP contribution in [0, 0.1) is 20.2 Å². The Labute approximate surface area is 164 Å². The second-order valence-electron chi connectivity index (χ2n) is 6.15. The van der Waals surface area contributed by atoms with Crippen molar-refractivity contribution in [2.75, 3.05) is 6.54 Å². The van der Waals surface area contributed by atoms with Gasteiger partial charge in [0.1, 0.15) is 0 Å². The van der Waals surface area contributed by atoms with Crippen molar-refractivity contribution in [2.24, 2.45) is 4.99 Å². The lowest BCUT2D eigenvalue weighted by atomic mass is 10.1. The largest absolute Gasteiger partial charge is 0.292 e. The van der Waals surface area contributed by atoms with Gasteiger partial charge in [-0.1, -0.05) is 6.92 Å². The molecule has 10 nitrogen and oxygen atoms in total. The van der Waals surface area contributed by atoms with Crippen molar-refractivity contribution in [2.45, 2.75) is 13.3 Å². The predicted octanol–water partition coefficient (Wildman–Crippen LogP) is 3.48. The molecule has 10 heteroatoms. The summed E-state index contributed by atoms with van der Waals surface area (Å²) >= 11 is 0. The van der Waals surface area contributed by atoms with Gasteiger partial charge in [-0.3, -0.25) is 35.1 Å². The van der Waals surface area contributed by atoms with E-state index in [1.807, 2.05) is 6.92 Å². The van der Waals surface area contributed by atoms with Gasteiger partial charge in [-0.15, -0.1) is 0 Å². The monoisotopic (exact) mass is 395 g/mol. The molecule has 0 spiro atoms. The third kappa shape index (κ3) is 4.10. The first-order valence-corrected chi connectivity index (χ1v) is 8.77. The number of nitrogens with one attached hydrogen (secondary N) is 1. The average Bonchev–Trinajstić information content (AvgIpc) is 3.05. The number of benzene rings is 2. The normalized spacial score (nSPS) is 11.1. The van der Waals surface area contributed by atoms with E-state index >= 15 is 0 Å². The molecule has 0 aliphatic rings. The van der Waals surface area contributed by atoms with Crippen molar-refractivity contribution in [1.29, 1.82) is 0 Å². The highest BCUT2D eigenvalue weighted by molar-refractivity contribution is 5.88. The average molecular weight is 395 g/mol. The molecule has 0 saturated carbocycles. The van der Waals surface area contributed by atoms with Gasteiger partial charge in [0.25, 0.3) is 16.9 Å². The minimum Gasteiger partial charge on any atom is -0.292 e. The SMILES string of the molecule is CCCN=Cc1c(-c2ccc([N+](=O)[O-])cc2)[nH]n(-c2ccc([N+](=O)[O-])cc2)c1=O. The Morgan fingerprint density at radius 2 is 1.55 bits per heavy atom. The van der Waals surface area contributed by atoms with E-state index in [0.717, 1.165) is 6.42 Å². The number of H-pyrrole nitrogens is 1. The minimum atomic E-state index is -0.521. The molecule has 2 aromatic carbocycles. The summed E-state index contributed by atoms with van der Waals surface area (Å²) in [5.41, 5.74) is 1.20. The molecule has 0 fully saturated rings. The summed E-state index contributed by atoms with van der Waals surface area (Å²) in [6.45, 7) is 2.50. The molecule has 1 N–H and O–H groups in total. The maximum Gasteiger partial charge on any atom is 0.280 e. The van der Waals surface area contributed by atoms with Crippen LogP contribution >= 0.6 is 0 Å². The lowest BCUT2D eigenvalue weighted by Gasteiger charge is -2.02. The van der Waals surface area contributed by atoms with Gasteiger partial charge < -0.3 is 0 Å². The Balaban J connectivity index is 2.11. The molecule has 0 atom stereocenters. The molecule has 148 valence electrons. The lowest BCUT2D eigenvalue weighted by Crippen LogP contribution is -2.17. The van der Waals surface area contributed by atoms with Crippen molar-refractivity contribution in [3.05, 3.63) is 84.7 Å². The van der Waals surface area contributed by atoms with Crippen LogP contribution < -0.4 is 5.56 Å². The first-order valence-electron chi connectivity index (χ1n) is 8.77. The molecule has 1 heterocycles. The van der Waals surface area contributed by atoms with E-state index < -0.39 is 9.85 Å². The third-order valence-corrected chi connectivity index (χ3v) is 4.19. The van der Waals surface area contributed by atoms with Crippen LogP contribution in [-0.4, -0.2) is 32.4 Å². The molecule has 0 aliphatic heterocycles. The number of non-ortho nitro benzene ring substituents is 2. The Kier molecular flexibility index (Phi) is 5.63. The molecule has 0 bridgehead atoms. The third-order valence-electron chi connectivity index (χ3n) is 4.19. The maximum absolute atomic E-state index is 13.0. The molecule has 0 saturated heterocycles. The molecule has 1 aromatic heterocycles. The number of nitro groups is 2. The molecular formula is C19H17N5O5. The second kappa shape index (κ2) is 8.30. The zero-order valence-electron chi connectivity index (χ0n) is 15.4. The van der Waals surface area contributed by atoms with Crippen LogP contribution in [0.4, 0.5) is 11.4 Å². The zero-order chi connectivity index (χ0) is 21.0. The predicted molar refractivity (Wildman–Crippen MR) is 108 cm³/mol. The van der Waals surface area contributed by atoms with E-state index in [1.165, 1.54) is 47.3 Å². The van der Waals surface area contributed by atoms with Gasteiger partial charge >= 0.3 is 0 Å². The van der Waals surface area contributed by atoms with Crippen molar-refractivity contribution in [1.82, 2.24) is 9.78 Å². The highest BCUT2D eigenvalue weighted by Gasteiger charge is 2.17. The molecule has 0 radical (unpaired) electrons.